The van der Waals surface area contributed by atoms with Crippen LogP contribution in [-0.2, 0) is 0 Å². The van der Waals surface area contributed by atoms with Gasteiger partial charge < -0.3 is 9.80 Å². The van der Waals surface area contributed by atoms with Gasteiger partial charge in [0, 0.05) is 31.1 Å². The number of rotatable bonds is 3. The predicted octanol–water partition coefficient (Wildman–Crippen LogP) is 4.64. The number of anilines is 1. The molecule has 1 atom stereocenters. The van der Waals surface area contributed by atoms with E-state index in [2.05, 4.69) is 15.1 Å². The molecule has 0 spiro atoms. The van der Waals surface area contributed by atoms with E-state index in [1.165, 1.54) is 11.0 Å². The van der Waals surface area contributed by atoms with E-state index < -0.39 is 23.1 Å². The molecule has 1 amide bonds. The standard InChI is InChI=1S/C25H20F2N6OS/c1-15-14-31(11-12-32(15)24(34)21-17(26)7-4-8-18(21)27)25-28-19-9-3-2-6-16(19)22-29-30-23(33(22)25)20-10-5-13-35-20/h2-10,13,15H,11-12,14H2,1H3/t15-/m1/s1. The van der Waals surface area contributed by atoms with Crippen LogP contribution in [0.4, 0.5) is 14.7 Å². The van der Waals surface area contributed by atoms with E-state index in [1.54, 1.807) is 11.3 Å². The van der Waals surface area contributed by atoms with Gasteiger partial charge in [-0.3, -0.25) is 4.79 Å². The second-order valence-electron chi connectivity index (χ2n) is 8.48. The fraction of sp³-hybridized carbons (Fsp3) is 0.200. The SMILES string of the molecule is C[C@@H]1CN(c2nc3ccccc3c3nnc(-c4cccs4)n23)CCN1C(=O)c1c(F)cccc1F. The Kier molecular flexibility index (Phi) is 5.18. The fourth-order valence-corrected chi connectivity index (χ4v) is 5.33. The third-order valence-electron chi connectivity index (χ3n) is 6.32. The van der Waals surface area contributed by atoms with Gasteiger partial charge in [-0.15, -0.1) is 21.5 Å². The number of hydrogen-bond donors (Lipinski definition) is 0. The van der Waals surface area contributed by atoms with Crippen molar-refractivity contribution in [1.82, 2.24) is 24.5 Å². The van der Waals surface area contributed by atoms with E-state index in [9.17, 15) is 13.6 Å². The normalized spacial score (nSPS) is 16.4. The Morgan fingerprint density at radius 1 is 1.00 bits per heavy atom. The largest absolute Gasteiger partial charge is 0.338 e. The van der Waals surface area contributed by atoms with Crippen LogP contribution in [0.3, 0.4) is 0 Å². The molecule has 0 radical (unpaired) electrons. The second kappa shape index (κ2) is 8.38. The maximum absolute atomic E-state index is 14.3. The summed E-state index contributed by atoms with van der Waals surface area (Å²) in [5.41, 5.74) is 0.978. The van der Waals surface area contributed by atoms with Crippen molar-refractivity contribution >= 4 is 39.7 Å². The molecule has 1 saturated heterocycles. The summed E-state index contributed by atoms with van der Waals surface area (Å²) in [6, 6.07) is 14.9. The van der Waals surface area contributed by atoms with Crippen molar-refractivity contribution in [2.45, 2.75) is 13.0 Å². The lowest BCUT2D eigenvalue weighted by Crippen LogP contribution is -2.55. The molecule has 35 heavy (non-hydrogen) atoms. The summed E-state index contributed by atoms with van der Waals surface area (Å²) in [5, 5.41) is 11.8. The zero-order chi connectivity index (χ0) is 24.1. The summed E-state index contributed by atoms with van der Waals surface area (Å²) in [7, 11) is 0. The van der Waals surface area contributed by atoms with E-state index >= 15 is 0 Å². The number of benzene rings is 2. The molecule has 0 N–H and O–H groups in total. The van der Waals surface area contributed by atoms with E-state index in [1.807, 2.05) is 53.1 Å². The molecule has 3 aromatic heterocycles. The predicted molar refractivity (Wildman–Crippen MR) is 131 cm³/mol. The second-order valence-corrected chi connectivity index (χ2v) is 9.43. The van der Waals surface area contributed by atoms with Gasteiger partial charge in [-0.2, -0.15) is 0 Å². The number of hydrogen-bond acceptors (Lipinski definition) is 6. The number of halogens is 2. The monoisotopic (exact) mass is 490 g/mol. The molecule has 7 nitrogen and oxygen atoms in total. The summed E-state index contributed by atoms with van der Waals surface area (Å²) < 4.78 is 30.5. The molecule has 1 aliphatic rings. The first-order valence-corrected chi connectivity index (χ1v) is 12.1. The lowest BCUT2D eigenvalue weighted by molar-refractivity contribution is 0.0663. The van der Waals surface area contributed by atoms with Crippen molar-refractivity contribution in [2.75, 3.05) is 24.5 Å². The Hall–Kier alpha value is -3.92. The Bertz CT molecular complexity index is 1550. The molecular formula is C25H20F2N6OS. The van der Waals surface area contributed by atoms with Gasteiger partial charge in [-0.25, -0.2) is 18.2 Å². The molecule has 1 fully saturated rings. The average Bonchev–Trinajstić information content (AvgIpc) is 3.53. The van der Waals surface area contributed by atoms with Crippen LogP contribution in [0.5, 0.6) is 0 Å². The smallest absolute Gasteiger partial charge is 0.260 e. The summed E-state index contributed by atoms with van der Waals surface area (Å²) in [5.74, 6) is -0.987. The number of carbonyl (C=O) groups is 1. The average molecular weight is 491 g/mol. The van der Waals surface area contributed by atoms with E-state index in [0.29, 0.717) is 37.1 Å². The van der Waals surface area contributed by atoms with E-state index in [0.717, 1.165) is 27.9 Å². The van der Waals surface area contributed by atoms with Crippen LogP contribution in [0, 0.1) is 11.6 Å². The lowest BCUT2D eigenvalue weighted by Gasteiger charge is -2.40. The number of carbonyl (C=O) groups excluding carboxylic acids is 1. The molecule has 6 rings (SSSR count). The molecule has 1 aliphatic heterocycles. The molecule has 5 aromatic rings. The molecule has 0 unspecified atom stereocenters. The van der Waals surface area contributed by atoms with Gasteiger partial charge in [0.15, 0.2) is 11.5 Å². The first-order valence-electron chi connectivity index (χ1n) is 11.2. The van der Waals surface area contributed by atoms with Crippen molar-refractivity contribution in [3.05, 3.63) is 77.2 Å². The number of nitrogens with zero attached hydrogens (tertiary/aromatic N) is 6. The molecule has 0 saturated carbocycles. The minimum atomic E-state index is -0.854. The molecule has 2 aromatic carbocycles. The number of piperazine rings is 1. The minimum Gasteiger partial charge on any atom is -0.338 e. The van der Waals surface area contributed by atoms with Gasteiger partial charge in [0.25, 0.3) is 5.91 Å². The molecule has 10 heteroatoms. The Balaban J connectivity index is 1.40. The van der Waals surface area contributed by atoms with Gasteiger partial charge in [-0.05, 0) is 42.6 Å². The minimum absolute atomic E-state index is 0.292. The highest BCUT2D eigenvalue weighted by molar-refractivity contribution is 7.13. The maximum Gasteiger partial charge on any atom is 0.260 e. The van der Waals surface area contributed by atoms with Crippen molar-refractivity contribution in [2.24, 2.45) is 0 Å². The third-order valence-corrected chi connectivity index (χ3v) is 7.18. The highest BCUT2D eigenvalue weighted by Crippen LogP contribution is 2.31. The van der Waals surface area contributed by atoms with E-state index in [4.69, 9.17) is 4.98 Å². The topological polar surface area (TPSA) is 66.6 Å². The fourth-order valence-electron chi connectivity index (χ4n) is 4.63. The van der Waals surface area contributed by atoms with Crippen LogP contribution in [0.15, 0.2) is 60.0 Å². The van der Waals surface area contributed by atoms with Crippen LogP contribution >= 0.6 is 11.3 Å². The summed E-state index contributed by atoms with van der Waals surface area (Å²) in [6.07, 6.45) is 0. The lowest BCUT2D eigenvalue weighted by atomic mass is 10.1. The zero-order valence-electron chi connectivity index (χ0n) is 18.7. The molecular weight excluding hydrogens is 470 g/mol. The number of para-hydroxylation sites is 1. The van der Waals surface area contributed by atoms with Crippen molar-refractivity contribution in [1.29, 1.82) is 0 Å². The summed E-state index contributed by atoms with van der Waals surface area (Å²) >= 11 is 1.57. The van der Waals surface area contributed by atoms with Crippen molar-refractivity contribution < 1.29 is 13.6 Å². The van der Waals surface area contributed by atoms with Gasteiger partial charge in [0.05, 0.1) is 10.4 Å². The highest BCUT2D eigenvalue weighted by atomic mass is 32.1. The molecule has 176 valence electrons. The quantitative estimate of drug-likeness (QED) is 0.369. The van der Waals surface area contributed by atoms with Crippen LogP contribution in [-0.4, -0.2) is 56.1 Å². The molecule has 4 heterocycles. The number of thiophene rings is 1. The maximum atomic E-state index is 14.3. The summed E-state index contributed by atoms with van der Waals surface area (Å²) in [6.45, 7) is 3.03. The Labute approximate surface area is 203 Å². The first-order chi connectivity index (χ1) is 17.0. The van der Waals surface area contributed by atoms with Crippen LogP contribution < -0.4 is 4.90 Å². The molecule has 0 bridgehead atoms. The van der Waals surface area contributed by atoms with Crippen LogP contribution in [0.25, 0.3) is 27.3 Å². The van der Waals surface area contributed by atoms with E-state index in [-0.39, 0.29) is 6.04 Å². The van der Waals surface area contributed by atoms with Crippen molar-refractivity contribution in [3.8, 4) is 10.7 Å². The van der Waals surface area contributed by atoms with Crippen LogP contribution in [0.2, 0.25) is 0 Å². The first kappa shape index (κ1) is 21.6. The van der Waals surface area contributed by atoms with Crippen molar-refractivity contribution in [3.63, 3.8) is 0 Å². The van der Waals surface area contributed by atoms with Gasteiger partial charge in [0.2, 0.25) is 5.95 Å². The third kappa shape index (κ3) is 3.52. The Morgan fingerprint density at radius 3 is 2.54 bits per heavy atom. The zero-order valence-corrected chi connectivity index (χ0v) is 19.5. The Morgan fingerprint density at radius 2 is 1.80 bits per heavy atom. The number of fused-ring (bicyclic) bond motifs is 3. The number of amides is 1. The highest BCUT2D eigenvalue weighted by Gasteiger charge is 2.33. The van der Waals surface area contributed by atoms with Gasteiger partial charge in [0.1, 0.15) is 17.2 Å². The van der Waals surface area contributed by atoms with Crippen LogP contribution in [0.1, 0.15) is 17.3 Å². The number of aromatic nitrogens is 4. The summed E-state index contributed by atoms with van der Waals surface area (Å²) in [4.78, 5) is 22.5. The van der Waals surface area contributed by atoms with Gasteiger partial charge >= 0.3 is 0 Å². The van der Waals surface area contributed by atoms with Gasteiger partial charge in [-0.1, -0.05) is 24.3 Å². The molecule has 0 aliphatic carbocycles.